The lowest BCUT2D eigenvalue weighted by molar-refractivity contribution is -0.143. The summed E-state index contributed by atoms with van der Waals surface area (Å²) in [6, 6.07) is 4.74. The molecule has 0 spiro atoms. The molecule has 1 rings (SSSR count). The number of nitrogens with one attached hydrogen (secondary N) is 3. The molecule has 1 aromatic carbocycles. The Morgan fingerprint density at radius 1 is 0.912 bits per heavy atom. The van der Waals surface area contributed by atoms with Crippen molar-refractivity contribution in [2.75, 3.05) is 0 Å². The van der Waals surface area contributed by atoms with E-state index < -0.39 is 53.8 Å². The number of benzene rings is 1. The van der Waals surface area contributed by atoms with Gasteiger partial charge in [-0.25, -0.2) is 4.79 Å². The number of carbonyl (C=O) groups is 5. The van der Waals surface area contributed by atoms with Crippen molar-refractivity contribution in [3.8, 4) is 0 Å². The molecule has 0 radical (unpaired) electrons. The number of carboxylic acid groups (broad SMARTS) is 1. The maximum atomic E-state index is 13.2. The van der Waals surface area contributed by atoms with Gasteiger partial charge in [0.2, 0.25) is 23.6 Å². The number of carboxylic acids is 1. The zero-order chi connectivity index (χ0) is 25.8. The SMILES string of the molecule is CCC(C)C(NC(=O)C(Cc1ccccc1)NC(=O)C(C)N)C(=O)NC(CCC(N)=O)C(=O)O. The van der Waals surface area contributed by atoms with Crippen LogP contribution in [0.25, 0.3) is 0 Å². The van der Waals surface area contributed by atoms with Crippen molar-refractivity contribution in [1.29, 1.82) is 0 Å². The highest BCUT2D eigenvalue weighted by Crippen LogP contribution is 2.11. The number of hydrogen-bond acceptors (Lipinski definition) is 6. The topological polar surface area (TPSA) is 194 Å². The summed E-state index contributed by atoms with van der Waals surface area (Å²) in [4.78, 5) is 60.8. The van der Waals surface area contributed by atoms with E-state index >= 15 is 0 Å². The van der Waals surface area contributed by atoms with E-state index in [1.165, 1.54) is 6.92 Å². The summed E-state index contributed by atoms with van der Waals surface area (Å²) in [6.45, 7) is 5.04. The van der Waals surface area contributed by atoms with Crippen LogP contribution in [0, 0.1) is 5.92 Å². The summed E-state index contributed by atoms with van der Waals surface area (Å²) >= 11 is 0. The van der Waals surface area contributed by atoms with Crippen molar-refractivity contribution in [1.82, 2.24) is 16.0 Å². The highest BCUT2D eigenvalue weighted by molar-refractivity contribution is 5.94. The summed E-state index contributed by atoms with van der Waals surface area (Å²) in [5.74, 6) is -4.22. The summed E-state index contributed by atoms with van der Waals surface area (Å²) in [5, 5.41) is 17.0. The maximum absolute atomic E-state index is 13.2. The lowest BCUT2D eigenvalue weighted by atomic mass is 9.96. The molecule has 5 atom stereocenters. The van der Waals surface area contributed by atoms with Crippen LogP contribution in [-0.4, -0.2) is 58.9 Å². The Balaban J connectivity index is 3.07. The first-order valence-electron chi connectivity index (χ1n) is 11.2. The van der Waals surface area contributed by atoms with Crippen LogP contribution in [0.4, 0.5) is 0 Å². The quantitative estimate of drug-likeness (QED) is 0.206. The standard InChI is InChI=1S/C23H35N5O6/c1-4-13(2)19(22(32)26-16(23(33)34)10-11-18(25)29)28-21(31)17(27-20(30)14(3)24)12-15-8-6-5-7-9-15/h5-9,13-14,16-17,19H,4,10-12,24H2,1-3H3,(H2,25,29)(H,26,32)(H,27,30)(H,28,31)(H,33,34). The summed E-state index contributed by atoms with van der Waals surface area (Å²) in [7, 11) is 0. The first kappa shape index (κ1) is 28.6. The molecule has 188 valence electrons. The highest BCUT2D eigenvalue weighted by Gasteiger charge is 2.32. The van der Waals surface area contributed by atoms with E-state index in [2.05, 4.69) is 16.0 Å². The minimum absolute atomic E-state index is 0.163. The first-order valence-corrected chi connectivity index (χ1v) is 11.2. The second-order valence-electron chi connectivity index (χ2n) is 8.32. The number of nitrogens with two attached hydrogens (primary N) is 2. The molecule has 0 fully saturated rings. The van der Waals surface area contributed by atoms with Crippen LogP contribution in [0.3, 0.4) is 0 Å². The number of aliphatic carboxylic acids is 1. The van der Waals surface area contributed by atoms with Crippen molar-refractivity contribution in [2.24, 2.45) is 17.4 Å². The molecular formula is C23H35N5O6. The third-order valence-electron chi connectivity index (χ3n) is 5.42. The summed E-state index contributed by atoms with van der Waals surface area (Å²) in [5.41, 5.74) is 11.5. The van der Waals surface area contributed by atoms with Crippen molar-refractivity contribution in [3.63, 3.8) is 0 Å². The van der Waals surface area contributed by atoms with E-state index in [1.54, 1.807) is 31.2 Å². The molecule has 0 saturated carbocycles. The molecule has 34 heavy (non-hydrogen) atoms. The number of carbonyl (C=O) groups excluding carboxylic acids is 4. The summed E-state index contributed by atoms with van der Waals surface area (Å²) in [6.07, 6.45) is 0.266. The van der Waals surface area contributed by atoms with Crippen molar-refractivity contribution >= 4 is 29.6 Å². The smallest absolute Gasteiger partial charge is 0.326 e. The van der Waals surface area contributed by atoms with Crippen LogP contribution in [0.15, 0.2) is 30.3 Å². The van der Waals surface area contributed by atoms with Gasteiger partial charge in [-0.2, -0.15) is 0 Å². The van der Waals surface area contributed by atoms with E-state index in [0.717, 1.165) is 5.56 Å². The average Bonchev–Trinajstić information content (AvgIpc) is 2.78. The molecule has 0 saturated heterocycles. The normalized spacial score (nSPS) is 15.2. The fourth-order valence-electron chi connectivity index (χ4n) is 3.12. The Kier molecular flexibility index (Phi) is 11.7. The van der Waals surface area contributed by atoms with Crippen LogP contribution in [0.1, 0.15) is 45.6 Å². The molecule has 5 unspecified atom stereocenters. The Morgan fingerprint density at radius 3 is 2.00 bits per heavy atom. The summed E-state index contributed by atoms with van der Waals surface area (Å²) < 4.78 is 0. The van der Waals surface area contributed by atoms with Crippen molar-refractivity contribution in [2.45, 2.75) is 70.6 Å². The van der Waals surface area contributed by atoms with Gasteiger partial charge >= 0.3 is 5.97 Å². The van der Waals surface area contributed by atoms with Crippen LogP contribution in [0.2, 0.25) is 0 Å². The molecule has 11 heteroatoms. The Labute approximate surface area is 199 Å². The largest absolute Gasteiger partial charge is 0.480 e. The molecule has 0 aromatic heterocycles. The molecule has 0 aliphatic rings. The van der Waals surface area contributed by atoms with Gasteiger partial charge in [-0.3, -0.25) is 19.2 Å². The van der Waals surface area contributed by atoms with E-state index in [1.807, 2.05) is 13.0 Å². The molecule has 0 heterocycles. The van der Waals surface area contributed by atoms with Crippen LogP contribution in [0.5, 0.6) is 0 Å². The zero-order valence-corrected chi connectivity index (χ0v) is 19.7. The van der Waals surface area contributed by atoms with E-state index in [0.29, 0.717) is 6.42 Å². The van der Waals surface area contributed by atoms with E-state index in [-0.39, 0.29) is 25.2 Å². The molecule has 1 aromatic rings. The second-order valence-corrected chi connectivity index (χ2v) is 8.32. The lowest BCUT2D eigenvalue weighted by Gasteiger charge is -2.28. The predicted molar refractivity (Wildman–Crippen MR) is 125 cm³/mol. The molecular weight excluding hydrogens is 442 g/mol. The fraction of sp³-hybridized carbons (Fsp3) is 0.522. The Bertz CT molecular complexity index is 861. The minimum atomic E-state index is -1.35. The molecule has 0 aliphatic heterocycles. The van der Waals surface area contributed by atoms with E-state index in [4.69, 9.17) is 11.5 Å². The minimum Gasteiger partial charge on any atom is -0.480 e. The third kappa shape index (κ3) is 9.57. The van der Waals surface area contributed by atoms with Gasteiger partial charge < -0.3 is 32.5 Å². The molecule has 11 nitrogen and oxygen atoms in total. The molecule has 4 amide bonds. The first-order chi connectivity index (χ1) is 16.0. The molecule has 0 aliphatic carbocycles. The third-order valence-corrected chi connectivity index (χ3v) is 5.42. The van der Waals surface area contributed by atoms with Gasteiger partial charge in [0.05, 0.1) is 6.04 Å². The molecule has 0 bridgehead atoms. The average molecular weight is 478 g/mol. The van der Waals surface area contributed by atoms with Gasteiger partial charge in [0, 0.05) is 12.8 Å². The number of primary amides is 1. The highest BCUT2D eigenvalue weighted by atomic mass is 16.4. The number of amides is 4. The lowest BCUT2D eigenvalue weighted by Crippen LogP contribution is -2.59. The van der Waals surface area contributed by atoms with Crippen LogP contribution >= 0.6 is 0 Å². The van der Waals surface area contributed by atoms with E-state index in [9.17, 15) is 29.1 Å². The van der Waals surface area contributed by atoms with Gasteiger partial charge in [-0.15, -0.1) is 0 Å². The van der Waals surface area contributed by atoms with Crippen LogP contribution < -0.4 is 27.4 Å². The number of rotatable bonds is 14. The Hall–Kier alpha value is -3.47. The van der Waals surface area contributed by atoms with Gasteiger partial charge in [0.15, 0.2) is 0 Å². The van der Waals surface area contributed by atoms with Gasteiger partial charge in [0.1, 0.15) is 18.1 Å². The fourth-order valence-corrected chi connectivity index (χ4v) is 3.12. The maximum Gasteiger partial charge on any atom is 0.326 e. The van der Waals surface area contributed by atoms with Crippen LogP contribution in [-0.2, 0) is 30.4 Å². The van der Waals surface area contributed by atoms with Crippen molar-refractivity contribution in [3.05, 3.63) is 35.9 Å². The monoisotopic (exact) mass is 477 g/mol. The van der Waals surface area contributed by atoms with Gasteiger partial charge in [-0.05, 0) is 24.8 Å². The van der Waals surface area contributed by atoms with Crippen molar-refractivity contribution < 1.29 is 29.1 Å². The predicted octanol–water partition coefficient (Wildman–Crippen LogP) is -0.573. The molecule has 8 N–H and O–H groups in total. The second kappa shape index (κ2) is 13.9. The zero-order valence-electron chi connectivity index (χ0n) is 19.7. The van der Waals surface area contributed by atoms with Gasteiger partial charge in [-0.1, -0.05) is 50.6 Å². The van der Waals surface area contributed by atoms with Gasteiger partial charge in [0.25, 0.3) is 0 Å². The Morgan fingerprint density at radius 2 is 1.50 bits per heavy atom. The number of hydrogen-bond donors (Lipinski definition) is 6.